The summed E-state index contributed by atoms with van der Waals surface area (Å²) in [4.78, 5) is 47.1. The van der Waals surface area contributed by atoms with Gasteiger partial charge in [0.15, 0.2) is 17.2 Å². The number of halogens is 12. The number of pyridine rings is 2. The van der Waals surface area contributed by atoms with Crippen molar-refractivity contribution in [2.24, 2.45) is 14.1 Å². The Kier molecular flexibility index (Phi) is 28.7. The van der Waals surface area contributed by atoms with E-state index in [1.807, 2.05) is 35.4 Å². The van der Waals surface area contributed by atoms with Gasteiger partial charge in [0.05, 0.1) is 114 Å². The average molecular weight is 1530 g/mol. The number of aryl methyl sites for hydroxylation is 2. The van der Waals surface area contributed by atoms with Crippen molar-refractivity contribution in [3.8, 4) is 58.8 Å². The van der Waals surface area contributed by atoms with Crippen LogP contribution in [-0.2, 0) is 14.1 Å². The summed E-state index contributed by atoms with van der Waals surface area (Å²) < 4.78 is 147. The molecule has 4 aromatic heterocycles. The lowest BCUT2D eigenvalue weighted by Gasteiger charge is -2.21. The van der Waals surface area contributed by atoms with Gasteiger partial charge in [-0.25, -0.2) is 19.9 Å². The van der Waals surface area contributed by atoms with Crippen LogP contribution in [0.15, 0.2) is 155 Å². The van der Waals surface area contributed by atoms with Gasteiger partial charge in [0.1, 0.15) is 28.4 Å². The minimum absolute atomic E-state index is 0.0104. The molecular weight excluding hydrogens is 1490 g/mol. The van der Waals surface area contributed by atoms with Gasteiger partial charge in [-0.3, -0.25) is 30.3 Å². The monoisotopic (exact) mass is 1530 g/mol. The number of nitrogens with one attached hydrogen (secondary N) is 1. The van der Waals surface area contributed by atoms with E-state index in [1.165, 1.54) is 72.8 Å². The van der Waals surface area contributed by atoms with Crippen molar-refractivity contribution in [2.75, 3.05) is 23.0 Å². The van der Waals surface area contributed by atoms with E-state index in [9.17, 15) is 74.2 Å². The number of nitrogens with two attached hydrogens (primary N) is 1. The maximum atomic E-state index is 12.7. The van der Waals surface area contributed by atoms with Crippen LogP contribution >= 0.6 is 31.9 Å². The number of rotatable bonds is 17. The van der Waals surface area contributed by atoms with Gasteiger partial charge in [0, 0.05) is 96.8 Å². The molecule has 10 aromatic rings. The highest BCUT2D eigenvalue weighted by Crippen LogP contribution is 2.37. The molecule has 0 aliphatic carbocycles. The number of hydrogen-bond acceptors (Lipinski definition) is 23. The first-order valence-corrected chi connectivity index (χ1v) is 28.4. The molecule has 518 valence electrons. The molecule has 10 rings (SSSR count). The van der Waals surface area contributed by atoms with Crippen LogP contribution in [0, 0.1) is 75.7 Å². The summed E-state index contributed by atoms with van der Waals surface area (Å²) in [6.07, 6.45) is 6.51. The topological polar surface area (TPSA) is 394 Å². The van der Waals surface area contributed by atoms with E-state index in [4.69, 9.17) is 31.9 Å². The molecule has 0 saturated carbocycles. The number of aromatic hydroxyl groups is 1. The number of nitro groups is 3. The second-order valence-corrected chi connectivity index (χ2v) is 20.5. The first-order chi connectivity index (χ1) is 47.3. The fourth-order valence-electron chi connectivity index (χ4n) is 7.71. The fraction of sp³-hybridized carbons (Fsp3) is 0.133. The minimum Gasteiger partial charge on any atom is -0.502 e. The molecule has 0 atom stereocenters. The highest BCUT2D eigenvalue weighted by molar-refractivity contribution is 9.10. The zero-order chi connectivity index (χ0) is 74.1. The first-order valence-electron chi connectivity index (χ1n) is 26.8. The molecule has 4 N–H and O–H groups in total. The maximum Gasteiger partial charge on any atom is 0.387 e. The number of anilines is 5. The standard InChI is InChI=1S/C16H13F2N5O.C15H11F2N5O.C8H4F2N2O3.C8H6F2N2O.C7H4BrF2NO3.C6H4BrNO3/c1-22-9-21-11-8-20-15(6-13(11)22)23(2)12-4-3-10(7-19)5-14(12)24-16(17)18;1-22-8-20-11-7-19-14(5-12(11)22)21-10-3-2-9(6-18)4-13(10)23-15(16)17;9-8(10)15-7-3-5(4-11)1-2-6(7)12(13)14;9-8(10)13-7-3-5(4-11)1-2-6(7)12;8-4-1-2-5(11(12)13)6(3-4)14-7(9)10;7-4-1-2-5(8(10)11)6(9)3-4/h3-6,8-9,16H,1-2H3;2-5,7-8,15H,1H3,(H,19,21);1-3,8H;1-3,8H,12H2;1-3,7H;1-3,9H. The van der Waals surface area contributed by atoms with Gasteiger partial charge in [0.2, 0.25) is 11.5 Å². The maximum absolute atomic E-state index is 12.7. The Morgan fingerprint density at radius 1 is 0.510 bits per heavy atom. The van der Waals surface area contributed by atoms with Gasteiger partial charge in [0.25, 0.3) is 0 Å². The van der Waals surface area contributed by atoms with Crippen LogP contribution in [0.25, 0.3) is 22.1 Å². The van der Waals surface area contributed by atoms with E-state index >= 15 is 0 Å². The zero-order valence-corrected chi connectivity index (χ0v) is 53.7. The molecule has 28 nitrogen and oxygen atoms in total. The number of phenolic OH excluding ortho intramolecular Hbond substituents is 1. The van der Waals surface area contributed by atoms with Gasteiger partial charge < -0.3 is 53.9 Å². The molecule has 4 heterocycles. The van der Waals surface area contributed by atoms with Crippen molar-refractivity contribution in [3.63, 3.8) is 0 Å². The van der Waals surface area contributed by atoms with Crippen molar-refractivity contribution in [1.82, 2.24) is 29.1 Å². The van der Waals surface area contributed by atoms with E-state index in [2.05, 4.69) is 80.8 Å². The van der Waals surface area contributed by atoms with Crippen LogP contribution in [0.5, 0.6) is 34.5 Å². The summed E-state index contributed by atoms with van der Waals surface area (Å²) in [5.41, 5.74) is 8.55. The minimum atomic E-state index is -3.17. The number of imidazole rings is 2. The van der Waals surface area contributed by atoms with E-state index < -0.39 is 70.7 Å². The number of nitro benzene ring substituents is 3. The number of phenols is 1. The van der Waals surface area contributed by atoms with Crippen molar-refractivity contribution < 1.29 is 87.5 Å². The molecule has 0 spiro atoms. The Hall–Kier alpha value is -12.8. The molecule has 0 aliphatic rings. The number of hydrogen-bond donors (Lipinski definition) is 3. The van der Waals surface area contributed by atoms with Crippen LogP contribution in [-0.4, -0.2) is 89.1 Å². The Morgan fingerprint density at radius 3 is 1.40 bits per heavy atom. The number of benzene rings is 6. The van der Waals surface area contributed by atoms with Gasteiger partial charge in [-0.1, -0.05) is 31.9 Å². The second kappa shape index (κ2) is 36.9. The number of ether oxygens (including phenoxy) is 5. The third-order valence-electron chi connectivity index (χ3n) is 12.1. The first kappa shape index (κ1) is 77.9. The summed E-state index contributed by atoms with van der Waals surface area (Å²) in [6.45, 7) is -15.2. The van der Waals surface area contributed by atoms with Crippen LogP contribution in [0.2, 0.25) is 0 Å². The van der Waals surface area contributed by atoms with E-state index in [0.717, 1.165) is 52.4 Å². The van der Waals surface area contributed by atoms with E-state index in [1.54, 1.807) is 67.3 Å². The van der Waals surface area contributed by atoms with E-state index in [0.29, 0.717) is 32.0 Å². The number of alkyl halides is 10. The van der Waals surface area contributed by atoms with Crippen molar-refractivity contribution in [1.29, 1.82) is 21.0 Å². The van der Waals surface area contributed by atoms with Crippen molar-refractivity contribution in [2.45, 2.75) is 33.1 Å². The molecular formula is C60H42Br2F10N16O12. The summed E-state index contributed by atoms with van der Waals surface area (Å²) in [5.74, 6) is -0.795. The Morgan fingerprint density at radius 2 is 0.900 bits per heavy atom. The Labute approximate surface area is 571 Å². The van der Waals surface area contributed by atoms with Crippen molar-refractivity contribution in [3.05, 3.63) is 208 Å². The second-order valence-electron chi connectivity index (χ2n) is 18.7. The zero-order valence-electron chi connectivity index (χ0n) is 50.6. The molecule has 0 fully saturated rings. The van der Waals surface area contributed by atoms with Gasteiger partial charge in [-0.2, -0.15) is 65.0 Å². The van der Waals surface area contributed by atoms with Crippen LogP contribution in [0.4, 0.5) is 89.7 Å². The highest BCUT2D eigenvalue weighted by atomic mass is 79.9. The number of fused-ring (bicyclic) bond motifs is 2. The predicted molar refractivity (Wildman–Crippen MR) is 340 cm³/mol. The van der Waals surface area contributed by atoms with Gasteiger partial charge in [-0.15, -0.1) is 0 Å². The lowest BCUT2D eigenvalue weighted by Crippen LogP contribution is -2.14. The molecule has 100 heavy (non-hydrogen) atoms. The molecule has 0 unspecified atom stereocenters. The summed E-state index contributed by atoms with van der Waals surface area (Å²) >= 11 is 6.05. The van der Waals surface area contributed by atoms with Gasteiger partial charge >= 0.3 is 50.1 Å². The molecule has 6 aromatic carbocycles. The fourth-order valence-corrected chi connectivity index (χ4v) is 8.40. The third kappa shape index (κ3) is 23.2. The SMILES string of the molecule is CN(c1cc2c(cn1)ncn2C)c1ccc(C#N)cc1OC(F)F.Cn1cnc2cnc(Nc3ccc(C#N)cc3OC(F)F)cc21.N#Cc1ccc(N)c(OC(F)F)c1.N#Cc1ccc([N+](=O)[O-])c(OC(F)F)c1.O=[N+]([O-])c1ccc(Br)cc1O.O=[N+]([O-])c1ccc(Br)cc1OC(F)F. The van der Waals surface area contributed by atoms with Crippen LogP contribution < -0.4 is 39.6 Å². The predicted octanol–water partition coefficient (Wildman–Crippen LogP) is 15.2. The Bertz CT molecular complexity index is 4730. The van der Waals surface area contributed by atoms with E-state index in [-0.39, 0.29) is 56.6 Å². The summed E-state index contributed by atoms with van der Waals surface area (Å²) in [5, 5.41) is 77.6. The smallest absolute Gasteiger partial charge is 0.387 e. The quantitative estimate of drug-likeness (QED) is 0.0330. The lowest BCUT2D eigenvalue weighted by atomic mass is 10.2. The molecule has 0 aliphatic heterocycles. The van der Waals surface area contributed by atoms with Crippen LogP contribution in [0.1, 0.15) is 22.3 Å². The largest absolute Gasteiger partial charge is 0.502 e. The average Bonchev–Trinajstić information content (AvgIpc) is 1.45. The third-order valence-corrected chi connectivity index (χ3v) is 13.1. The molecule has 0 bridgehead atoms. The number of nitriles is 4. The number of aromatic nitrogens is 6. The molecule has 0 amide bonds. The summed E-state index contributed by atoms with van der Waals surface area (Å²) in [7, 11) is 5.38. The number of nitrogens with zero attached hydrogens (tertiary/aromatic N) is 14. The van der Waals surface area contributed by atoms with Gasteiger partial charge in [-0.05, 0) is 54.6 Å². The highest BCUT2D eigenvalue weighted by Gasteiger charge is 2.22. The summed E-state index contributed by atoms with van der Waals surface area (Å²) in [6, 6.07) is 33.9. The normalized spacial score (nSPS) is 10.3. The Balaban J connectivity index is 0.000000222. The van der Waals surface area contributed by atoms with Crippen LogP contribution in [0.3, 0.4) is 0 Å². The molecule has 0 saturated heterocycles. The number of nitrogen functional groups attached to an aromatic ring is 1. The molecule has 40 heteroatoms. The molecule has 0 radical (unpaired) electrons. The lowest BCUT2D eigenvalue weighted by molar-refractivity contribution is -0.386. The van der Waals surface area contributed by atoms with Crippen molar-refractivity contribution >= 4 is 99.7 Å².